The first kappa shape index (κ1) is 22.3. The highest BCUT2D eigenvalue weighted by atomic mass is 16.6. The molecule has 34 heavy (non-hydrogen) atoms. The van der Waals surface area contributed by atoms with E-state index in [0.29, 0.717) is 30.0 Å². The number of amides is 1. The molecule has 5 rings (SSSR count). The van der Waals surface area contributed by atoms with Gasteiger partial charge in [0.15, 0.2) is 0 Å². The fraction of sp³-hybridized carbons (Fsp3) is 0.370. The van der Waals surface area contributed by atoms with Gasteiger partial charge in [0.2, 0.25) is 0 Å². The van der Waals surface area contributed by atoms with Gasteiger partial charge in [-0.15, -0.1) is 0 Å². The Kier molecular flexibility index (Phi) is 6.20. The van der Waals surface area contributed by atoms with Gasteiger partial charge in [0.05, 0.1) is 24.4 Å². The van der Waals surface area contributed by atoms with Crippen molar-refractivity contribution in [2.24, 2.45) is 0 Å². The summed E-state index contributed by atoms with van der Waals surface area (Å²) in [4.78, 5) is 32.9. The largest absolute Gasteiger partial charge is 0.446 e. The topological polar surface area (TPSA) is 73.7 Å². The Balaban J connectivity index is 1.44. The third kappa shape index (κ3) is 4.23. The van der Waals surface area contributed by atoms with Crippen LogP contribution in [0.15, 0.2) is 65.5 Å². The summed E-state index contributed by atoms with van der Waals surface area (Å²) in [7, 11) is 1.67. The number of hydrogen-bond acceptors (Lipinski definition) is 5. The molecule has 7 heteroatoms. The van der Waals surface area contributed by atoms with Crippen LogP contribution in [0.3, 0.4) is 0 Å². The van der Waals surface area contributed by atoms with Gasteiger partial charge < -0.3 is 14.4 Å². The normalized spacial score (nSPS) is 19.4. The lowest BCUT2D eigenvalue weighted by atomic mass is 9.92. The number of aryl methyl sites for hydroxylation is 1. The number of nitrogens with zero attached hydrogens (tertiary/aromatic N) is 3. The summed E-state index contributed by atoms with van der Waals surface area (Å²) in [5.41, 5.74) is 3.34. The van der Waals surface area contributed by atoms with E-state index in [1.165, 1.54) is 0 Å². The maximum absolute atomic E-state index is 13.8. The smallest absolute Gasteiger partial charge is 0.410 e. The first-order valence-corrected chi connectivity index (χ1v) is 11.7. The standard InChI is InChI=1S/C27H29N3O4/c1-18-28-24-17-29(27(32)34-22-15-21(16-22)33-2)14-13-23(24)26(31)30(18)25(19-9-5-3-6-10-19)20-11-7-4-8-12-20/h3-12,21-22,25H,13-17H2,1-2H3. The lowest BCUT2D eigenvalue weighted by molar-refractivity contribution is -0.0646. The molecule has 2 heterocycles. The molecule has 0 radical (unpaired) electrons. The molecule has 0 atom stereocenters. The van der Waals surface area contributed by atoms with Crippen LogP contribution >= 0.6 is 0 Å². The Bertz CT molecular complexity index is 1180. The number of methoxy groups -OCH3 is 1. The van der Waals surface area contributed by atoms with Crippen LogP contribution in [-0.2, 0) is 22.4 Å². The molecule has 0 bridgehead atoms. The fourth-order valence-electron chi connectivity index (χ4n) is 4.87. The third-order valence-electron chi connectivity index (χ3n) is 6.84. The number of benzene rings is 2. The quantitative estimate of drug-likeness (QED) is 0.579. The molecule has 1 aromatic heterocycles. The molecule has 3 aromatic rings. The zero-order chi connectivity index (χ0) is 23.7. The van der Waals surface area contributed by atoms with Crippen LogP contribution in [0.1, 0.15) is 47.1 Å². The first-order chi connectivity index (χ1) is 16.5. The van der Waals surface area contributed by atoms with Gasteiger partial charge in [0.1, 0.15) is 11.9 Å². The van der Waals surface area contributed by atoms with Crippen molar-refractivity contribution >= 4 is 6.09 Å². The lowest BCUT2D eigenvalue weighted by Crippen LogP contribution is -2.45. The van der Waals surface area contributed by atoms with Crippen molar-refractivity contribution in [2.75, 3.05) is 13.7 Å². The Morgan fingerprint density at radius 1 is 1.00 bits per heavy atom. The molecular weight excluding hydrogens is 430 g/mol. The Hall–Kier alpha value is -3.45. The lowest BCUT2D eigenvalue weighted by Gasteiger charge is -2.36. The SMILES string of the molecule is COC1CC(OC(=O)N2CCc3c(nc(C)n(C(c4ccccc4)c4ccccc4)c3=O)C2)C1. The minimum absolute atomic E-state index is 0.0462. The van der Waals surface area contributed by atoms with Crippen LogP contribution < -0.4 is 5.56 Å². The second kappa shape index (κ2) is 9.43. The van der Waals surface area contributed by atoms with Gasteiger partial charge in [-0.1, -0.05) is 60.7 Å². The van der Waals surface area contributed by atoms with Gasteiger partial charge in [-0.3, -0.25) is 9.36 Å². The number of aromatic nitrogens is 2. The second-order valence-corrected chi connectivity index (χ2v) is 8.99. The van der Waals surface area contributed by atoms with E-state index in [4.69, 9.17) is 14.5 Å². The van der Waals surface area contributed by atoms with Crippen molar-refractivity contribution in [3.8, 4) is 0 Å². The summed E-state index contributed by atoms with van der Waals surface area (Å²) in [6, 6.07) is 19.8. The summed E-state index contributed by atoms with van der Waals surface area (Å²) in [5.74, 6) is 0.624. The third-order valence-corrected chi connectivity index (χ3v) is 6.84. The van der Waals surface area contributed by atoms with E-state index in [-0.39, 0.29) is 36.4 Å². The molecule has 1 saturated carbocycles. The van der Waals surface area contributed by atoms with E-state index < -0.39 is 0 Å². The highest BCUT2D eigenvalue weighted by Crippen LogP contribution is 2.29. The number of fused-ring (bicyclic) bond motifs is 1. The number of hydrogen-bond donors (Lipinski definition) is 0. The van der Waals surface area contributed by atoms with Crippen LogP contribution in [0.25, 0.3) is 0 Å². The van der Waals surface area contributed by atoms with Gasteiger partial charge in [-0.2, -0.15) is 0 Å². The van der Waals surface area contributed by atoms with E-state index >= 15 is 0 Å². The Morgan fingerprint density at radius 3 is 2.21 bits per heavy atom. The molecule has 7 nitrogen and oxygen atoms in total. The van der Waals surface area contributed by atoms with E-state index in [0.717, 1.165) is 24.0 Å². The molecule has 0 saturated heterocycles. The van der Waals surface area contributed by atoms with Crippen LogP contribution in [0.2, 0.25) is 0 Å². The average molecular weight is 460 g/mol. The van der Waals surface area contributed by atoms with Crippen molar-refractivity contribution in [3.63, 3.8) is 0 Å². The van der Waals surface area contributed by atoms with Gasteiger partial charge in [0.25, 0.3) is 5.56 Å². The molecule has 2 aliphatic rings. The Labute approximate surface area is 199 Å². The van der Waals surface area contributed by atoms with Gasteiger partial charge in [-0.05, 0) is 24.5 Å². The minimum Gasteiger partial charge on any atom is -0.446 e. The van der Waals surface area contributed by atoms with Crippen LogP contribution in [0.4, 0.5) is 4.79 Å². The molecule has 1 amide bonds. The summed E-state index contributed by atoms with van der Waals surface area (Å²) in [6.07, 6.45) is 1.65. The van der Waals surface area contributed by atoms with Crippen LogP contribution in [0, 0.1) is 6.92 Å². The van der Waals surface area contributed by atoms with Gasteiger partial charge in [0, 0.05) is 32.1 Å². The first-order valence-electron chi connectivity index (χ1n) is 11.7. The highest BCUT2D eigenvalue weighted by molar-refractivity contribution is 5.68. The van der Waals surface area contributed by atoms with E-state index in [9.17, 15) is 9.59 Å². The summed E-state index contributed by atoms with van der Waals surface area (Å²) in [6.45, 7) is 2.58. The zero-order valence-corrected chi connectivity index (χ0v) is 19.5. The summed E-state index contributed by atoms with van der Waals surface area (Å²) < 4.78 is 12.7. The number of carbonyl (C=O) groups is 1. The van der Waals surface area contributed by atoms with Crippen molar-refractivity contribution in [1.29, 1.82) is 0 Å². The van der Waals surface area contributed by atoms with Gasteiger partial charge >= 0.3 is 6.09 Å². The zero-order valence-electron chi connectivity index (χ0n) is 19.5. The minimum atomic E-state index is -0.347. The van der Waals surface area contributed by atoms with Crippen LogP contribution in [-0.4, -0.2) is 46.4 Å². The fourth-order valence-corrected chi connectivity index (χ4v) is 4.87. The average Bonchev–Trinajstić information content (AvgIpc) is 2.84. The van der Waals surface area contributed by atoms with Gasteiger partial charge in [-0.25, -0.2) is 9.78 Å². The molecule has 176 valence electrons. The van der Waals surface area contributed by atoms with Crippen LogP contribution in [0.5, 0.6) is 0 Å². The maximum atomic E-state index is 13.8. The summed E-state index contributed by atoms with van der Waals surface area (Å²) in [5, 5.41) is 0. The number of carbonyl (C=O) groups excluding carboxylic acids is 1. The molecule has 1 aliphatic heterocycles. The van der Waals surface area contributed by atoms with Crippen molar-refractivity contribution in [3.05, 3.63) is 99.2 Å². The van der Waals surface area contributed by atoms with E-state index in [2.05, 4.69) is 0 Å². The van der Waals surface area contributed by atoms with Crippen molar-refractivity contribution in [2.45, 2.75) is 51.0 Å². The summed E-state index contributed by atoms with van der Waals surface area (Å²) >= 11 is 0. The molecule has 1 fully saturated rings. The second-order valence-electron chi connectivity index (χ2n) is 8.99. The Morgan fingerprint density at radius 2 is 1.62 bits per heavy atom. The molecular formula is C27H29N3O4. The molecule has 0 N–H and O–H groups in total. The monoisotopic (exact) mass is 459 g/mol. The highest BCUT2D eigenvalue weighted by Gasteiger charge is 2.35. The number of ether oxygens (including phenoxy) is 2. The van der Waals surface area contributed by atoms with Crippen molar-refractivity contribution < 1.29 is 14.3 Å². The van der Waals surface area contributed by atoms with Crippen molar-refractivity contribution in [1.82, 2.24) is 14.5 Å². The van der Waals surface area contributed by atoms with E-state index in [1.54, 1.807) is 16.6 Å². The van der Waals surface area contributed by atoms with E-state index in [1.807, 2.05) is 67.6 Å². The molecule has 1 aliphatic carbocycles. The number of rotatable bonds is 5. The maximum Gasteiger partial charge on any atom is 0.410 e. The predicted octanol–water partition coefficient (Wildman–Crippen LogP) is 3.86. The molecule has 0 unspecified atom stereocenters. The predicted molar refractivity (Wildman–Crippen MR) is 128 cm³/mol. The molecule has 0 spiro atoms. The molecule has 2 aromatic carbocycles.